The van der Waals surface area contributed by atoms with E-state index in [2.05, 4.69) is 15.1 Å². The Morgan fingerprint density at radius 1 is 1.40 bits per heavy atom. The number of fused-ring (bicyclic) bond motifs is 1. The lowest BCUT2D eigenvalue weighted by Gasteiger charge is -2.32. The van der Waals surface area contributed by atoms with Crippen LogP contribution in [0.4, 0.5) is 0 Å². The Hall–Kier alpha value is -2.70. The highest BCUT2D eigenvalue weighted by molar-refractivity contribution is 5.97. The standard InChI is InChI=1S/C18H21N5O2/c1-12-15-9-14(10-20-17(15)25-21-12)18(24)23-6-3-4-13(11-23)8-16-19-5-7-22(16)2/h5,7,9-10,13H,3-4,6,8,11H2,1-2H3. The molecule has 0 saturated carbocycles. The maximum atomic E-state index is 12.9. The summed E-state index contributed by atoms with van der Waals surface area (Å²) in [4.78, 5) is 23.5. The summed E-state index contributed by atoms with van der Waals surface area (Å²) < 4.78 is 7.17. The summed E-state index contributed by atoms with van der Waals surface area (Å²) in [6.07, 6.45) is 8.40. The molecular formula is C18H21N5O2. The third kappa shape index (κ3) is 3.01. The Morgan fingerprint density at radius 2 is 2.28 bits per heavy atom. The van der Waals surface area contributed by atoms with Crippen molar-refractivity contribution in [1.29, 1.82) is 0 Å². The Morgan fingerprint density at radius 3 is 3.08 bits per heavy atom. The predicted molar refractivity (Wildman–Crippen MR) is 92.1 cm³/mol. The lowest BCUT2D eigenvalue weighted by molar-refractivity contribution is 0.0671. The van der Waals surface area contributed by atoms with Crippen LogP contribution in [0.5, 0.6) is 0 Å². The summed E-state index contributed by atoms with van der Waals surface area (Å²) >= 11 is 0. The smallest absolute Gasteiger partial charge is 0.257 e. The van der Waals surface area contributed by atoms with Crippen molar-refractivity contribution in [3.8, 4) is 0 Å². The van der Waals surface area contributed by atoms with E-state index in [4.69, 9.17) is 4.52 Å². The van der Waals surface area contributed by atoms with E-state index in [1.54, 1.807) is 6.20 Å². The zero-order chi connectivity index (χ0) is 17.4. The third-order valence-electron chi connectivity index (χ3n) is 4.96. The number of piperidine rings is 1. The van der Waals surface area contributed by atoms with Crippen molar-refractivity contribution in [2.45, 2.75) is 26.2 Å². The minimum atomic E-state index is 0.0274. The molecule has 1 atom stereocenters. The summed E-state index contributed by atoms with van der Waals surface area (Å²) in [5.74, 6) is 1.54. The van der Waals surface area contributed by atoms with Gasteiger partial charge in [0.2, 0.25) is 0 Å². The molecule has 0 bridgehead atoms. The molecule has 25 heavy (non-hydrogen) atoms. The summed E-state index contributed by atoms with van der Waals surface area (Å²) in [5.41, 5.74) is 1.82. The molecule has 4 rings (SSSR count). The van der Waals surface area contributed by atoms with Crippen LogP contribution in [0, 0.1) is 12.8 Å². The van der Waals surface area contributed by atoms with Crippen LogP contribution in [0.25, 0.3) is 11.1 Å². The molecular weight excluding hydrogens is 318 g/mol. The number of rotatable bonds is 3. The van der Waals surface area contributed by atoms with Gasteiger partial charge in [0, 0.05) is 45.1 Å². The molecule has 0 aromatic carbocycles. The van der Waals surface area contributed by atoms with E-state index in [1.807, 2.05) is 41.9 Å². The van der Waals surface area contributed by atoms with Crippen molar-refractivity contribution < 1.29 is 9.32 Å². The predicted octanol–water partition coefficient (Wildman–Crippen LogP) is 2.36. The van der Waals surface area contributed by atoms with Gasteiger partial charge >= 0.3 is 0 Å². The second-order valence-electron chi connectivity index (χ2n) is 6.76. The van der Waals surface area contributed by atoms with Gasteiger partial charge in [0.1, 0.15) is 5.82 Å². The lowest BCUT2D eigenvalue weighted by Crippen LogP contribution is -2.40. The zero-order valence-electron chi connectivity index (χ0n) is 14.5. The normalized spacial score (nSPS) is 18.0. The average Bonchev–Trinajstić information content (AvgIpc) is 3.20. The topological polar surface area (TPSA) is 77.1 Å². The van der Waals surface area contributed by atoms with E-state index in [0.29, 0.717) is 17.2 Å². The summed E-state index contributed by atoms with van der Waals surface area (Å²) in [6.45, 7) is 3.40. The number of aryl methyl sites for hydroxylation is 2. The fraction of sp³-hybridized carbons (Fsp3) is 0.444. The molecule has 0 aliphatic carbocycles. The first-order chi connectivity index (χ1) is 12.1. The number of carbonyl (C=O) groups excluding carboxylic acids is 1. The first-order valence-corrected chi connectivity index (χ1v) is 8.59. The second-order valence-corrected chi connectivity index (χ2v) is 6.76. The van der Waals surface area contributed by atoms with Gasteiger partial charge in [0.05, 0.1) is 16.6 Å². The van der Waals surface area contributed by atoms with Crippen LogP contribution in [0.15, 0.2) is 29.2 Å². The molecule has 1 unspecified atom stereocenters. The number of carbonyl (C=O) groups is 1. The Kier molecular flexibility index (Phi) is 3.99. The quantitative estimate of drug-likeness (QED) is 0.732. The zero-order valence-corrected chi connectivity index (χ0v) is 14.5. The van der Waals surface area contributed by atoms with Gasteiger partial charge in [-0.25, -0.2) is 9.97 Å². The molecule has 3 aromatic rings. The summed E-state index contributed by atoms with van der Waals surface area (Å²) in [7, 11) is 2.01. The van der Waals surface area contributed by atoms with Crippen LogP contribution in [-0.2, 0) is 13.5 Å². The van der Waals surface area contributed by atoms with Gasteiger partial charge in [-0.15, -0.1) is 0 Å². The Bertz CT molecular complexity index is 913. The van der Waals surface area contributed by atoms with Crippen molar-refractivity contribution >= 4 is 17.0 Å². The minimum Gasteiger partial charge on any atom is -0.338 e. The number of likely N-dealkylation sites (tertiary alicyclic amines) is 1. The van der Waals surface area contributed by atoms with Crippen LogP contribution < -0.4 is 0 Å². The molecule has 1 fully saturated rings. The highest BCUT2D eigenvalue weighted by Gasteiger charge is 2.26. The SMILES string of the molecule is Cc1noc2ncc(C(=O)N3CCCC(Cc4nccn4C)C3)cc12. The van der Waals surface area contributed by atoms with E-state index in [0.717, 1.165) is 49.3 Å². The van der Waals surface area contributed by atoms with E-state index in [-0.39, 0.29) is 5.91 Å². The van der Waals surface area contributed by atoms with Crippen LogP contribution in [-0.4, -0.2) is 43.6 Å². The number of amides is 1. The molecule has 3 aromatic heterocycles. The molecule has 130 valence electrons. The highest BCUT2D eigenvalue weighted by Crippen LogP contribution is 2.23. The molecule has 7 heteroatoms. The van der Waals surface area contributed by atoms with Gasteiger partial charge in [-0.3, -0.25) is 4.79 Å². The lowest BCUT2D eigenvalue weighted by atomic mass is 9.94. The largest absolute Gasteiger partial charge is 0.338 e. The summed E-state index contributed by atoms with van der Waals surface area (Å²) in [6, 6.07) is 1.83. The van der Waals surface area contributed by atoms with Crippen LogP contribution in [0.1, 0.15) is 34.7 Å². The van der Waals surface area contributed by atoms with Gasteiger partial charge < -0.3 is 14.0 Å². The number of pyridine rings is 1. The van der Waals surface area contributed by atoms with Crippen molar-refractivity contribution in [2.75, 3.05) is 13.1 Å². The van der Waals surface area contributed by atoms with Gasteiger partial charge in [0.25, 0.3) is 11.6 Å². The molecule has 1 amide bonds. The maximum Gasteiger partial charge on any atom is 0.257 e. The van der Waals surface area contributed by atoms with Crippen molar-refractivity contribution in [2.24, 2.45) is 13.0 Å². The van der Waals surface area contributed by atoms with Crippen LogP contribution >= 0.6 is 0 Å². The Balaban J connectivity index is 1.50. The fourth-order valence-electron chi connectivity index (χ4n) is 3.51. The van der Waals surface area contributed by atoms with Crippen molar-refractivity contribution in [1.82, 2.24) is 24.6 Å². The Labute approximate surface area is 145 Å². The number of hydrogen-bond donors (Lipinski definition) is 0. The monoisotopic (exact) mass is 339 g/mol. The number of hydrogen-bond acceptors (Lipinski definition) is 5. The molecule has 0 N–H and O–H groups in total. The van der Waals surface area contributed by atoms with Crippen molar-refractivity contribution in [3.63, 3.8) is 0 Å². The highest BCUT2D eigenvalue weighted by atomic mass is 16.5. The fourth-order valence-corrected chi connectivity index (χ4v) is 3.51. The van der Waals surface area contributed by atoms with Crippen LogP contribution in [0.2, 0.25) is 0 Å². The number of aromatic nitrogens is 4. The molecule has 0 spiro atoms. The average molecular weight is 339 g/mol. The number of imidazole rings is 1. The van der Waals surface area contributed by atoms with Crippen molar-refractivity contribution in [3.05, 3.63) is 41.7 Å². The van der Waals surface area contributed by atoms with Gasteiger partial charge in [-0.1, -0.05) is 5.16 Å². The molecule has 0 radical (unpaired) electrons. The van der Waals surface area contributed by atoms with E-state index < -0.39 is 0 Å². The second kappa shape index (κ2) is 6.31. The van der Waals surface area contributed by atoms with E-state index >= 15 is 0 Å². The van der Waals surface area contributed by atoms with Crippen LogP contribution in [0.3, 0.4) is 0 Å². The van der Waals surface area contributed by atoms with E-state index in [1.165, 1.54) is 0 Å². The first-order valence-electron chi connectivity index (χ1n) is 8.59. The molecule has 1 aliphatic rings. The number of nitrogens with zero attached hydrogens (tertiary/aromatic N) is 5. The first kappa shape index (κ1) is 15.8. The molecule has 7 nitrogen and oxygen atoms in total. The molecule has 1 aliphatic heterocycles. The minimum absolute atomic E-state index is 0.0274. The van der Waals surface area contributed by atoms with Gasteiger partial charge in [-0.2, -0.15) is 0 Å². The van der Waals surface area contributed by atoms with Gasteiger partial charge in [-0.05, 0) is 31.7 Å². The maximum absolute atomic E-state index is 12.9. The molecule has 4 heterocycles. The van der Waals surface area contributed by atoms with Gasteiger partial charge in [0.15, 0.2) is 0 Å². The third-order valence-corrected chi connectivity index (χ3v) is 4.96. The summed E-state index contributed by atoms with van der Waals surface area (Å²) in [5, 5.41) is 4.70. The van der Waals surface area contributed by atoms with E-state index in [9.17, 15) is 4.79 Å². The molecule has 1 saturated heterocycles.